The summed E-state index contributed by atoms with van der Waals surface area (Å²) in [5.41, 5.74) is 1.96. The Morgan fingerprint density at radius 1 is 1.00 bits per heavy atom. The fourth-order valence-electron chi connectivity index (χ4n) is 2.58. The van der Waals surface area contributed by atoms with E-state index in [1.807, 2.05) is 24.3 Å². The molecular weight excluding hydrogens is 387 g/mol. The summed E-state index contributed by atoms with van der Waals surface area (Å²) in [5, 5.41) is 16.3. The second-order valence-corrected chi connectivity index (χ2v) is 6.80. The third kappa shape index (κ3) is 7.20. The van der Waals surface area contributed by atoms with Gasteiger partial charge in [-0.15, -0.1) is 0 Å². The Bertz CT molecular complexity index is 714. The van der Waals surface area contributed by atoms with Gasteiger partial charge in [-0.1, -0.05) is 41.4 Å². The molecule has 0 aliphatic rings. The minimum atomic E-state index is 0.163. The zero-order valence-corrected chi connectivity index (χ0v) is 16.9. The number of methoxy groups -OCH3 is 1. The fraction of sp³-hybridized carbons (Fsp3) is 0.400. The van der Waals surface area contributed by atoms with Crippen molar-refractivity contribution in [3.8, 4) is 11.5 Å². The summed E-state index contributed by atoms with van der Waals surface area (Å²) in [4.78, 5) is 0. The number of hydrogen-bond donors (Lipinski definition) is 3. The molecular formula is C20H26Cl2N2O3. The Labute approximate surface area is 170 Å². The van der Waals surface area contributed by atoms with Gasteiger partial charge >= 0.3 is 0 Å². The summed E-state index contributed by atoms with van der Waals surface area (Å²) in [5.74, 6) is 1.41. The molecule has 0 radical (unpaired) electrons. The first-order valence-electron chi connectivity index (χ1n) is 8.90. The van der Waals surface area contributed by atoms with E-state index in [-0.39, 0.29) is 6.61 Å². The minimum absolute atomic E-state index is 0.163. The Morgan fingerprint density at radius 2 is 1.81 bits per heavy atom. The third-order valence-electron chi connectivity index (χ3n) is 3.96. The molecule has 0 atom stereocenters. The Kier molecular flexibility index (Phi) is 9.73. The number of aliphatic hydroxyl groups excluding tert-OH is 1. The van der Waals surface area contributed by atoms with Crippen LogP contribution in [0.2, 0.25) is 10.0 Å². The van der Waals surface area contributed by atoms with Crippen LogP contribution in [0.5, 0.6) is 11.5 Å². The average molecular weight is 413 g/mol. The van der Waals surface area contributed by atoms with Crippen molar-refractivity contribution in [1.82, 2.24) is 10.6 Å². The number of halogens is 2. The quantitative estimate of drug-likeness (QED) is 0.464. The zero-order chi connectivity index (χ0) is 19.5. The molecule has 7 heteroatoms. The highest BCUT2D eigenvalue weighted by molar-refractivity contribution is 6.42. The first-order valence-corrected chi connectivity index (χ1v) is 9.66. The van der Waals surface area contributed by atoms with E-state index in [1.54, 1.807) is 19.2 Å². The highest BCUT2D eigenvalue weighted by Gasteiger charge is 2.11. The fourth-order valence-corrected chi connectivity index (χ4v) is 2.90. The van der Waals surface area contributed by atoms with Crippen LogP contribution < -0.4 is 20.1 Å². The van der Waals surface area contributed by atoms with Crippen LogP contribution >= 0.6 is 23.2 Å². The van der Waals surface area contributed by atoms with Gasteiger partial charge in [-0.25, -0.2) is 0 Å². The molecule has 148 valence electrons. The van der Waals surface area contributed by atoms with E-state index in [0.29, 0.717) is 35.5 Å². The smallest absolute Gasteiger partial charge is 0.166 e. The number of hydrogen-bond acceptors (Lipinski definition) is 5. The summed E-state index contributed by atoms with van der Waals surface area (Å²) in [6, 6.07) is 11.3. The molecule has 0 aliphatic heterocycles. The number of para-hydroxylation sites is 1. The molecule has 0 amide bonds. The van der Waals surface area contributed by atoms with Crippen LogP contribution in [-0.4, -0.2) is 38.5 Å². The lowest BCUT2D eigenvalue weighted by atomic mass is 10.1. The molecule has 2 rings (SSSR count). The van der Waals surface area contributed by atoms with Crippen LogP contribution in [0.3, 0.4) is 0 Å². The predicted molar refractivity (Wildman–Crippen MR) is 110 cm³/mol. The van der Waals surface area contributed by atoms with E-state index in [0.717, 1.165) is 36.4 Å². The summed E-state index contributed by atoms with van der Waals surface area (Å²) < 4.78 is 11.5. The number of rotatable bonds is 12. The number of ether oxygens (including phenoxy) is 2. The SMILES string of the molecule is COc1cccc(CNCCCNCCO)c1OCc1ccc(Cl)c(Cl)c1. The lowest BCUT2D eigenvalue weighted by molar-refractivity contribution is 0.280. The van der Waals surface area contributed by atoms with Crippen LogP contribution in [0.25, 0.3) is 0 Å². The van der Waals surface area contributed by atoms with Gasteiger partial charge in [0.15, 0.2) is 11.5 Å². The monoisotopic (exact) mass is 412 g/mol. The van der Waals surface area contributed by atoms with Gasteiger partial charge in [-0.3, -0.25) is 0 Å². The van der Waals surface area contributed by atoms with E-state index in [2.05, 4.69) is 10.6 Å². The van der Waals surface area contributed by atoms with E-state index in [9.17, 15) is 0 Å². The molecule has 0 fully saturated rings. The standard InChI is InChI=1S/C20H26Cl2N2O3/c1-26-19-5-2-4-16(13-24-9-3-8-23-10-11-25)20(19)27-14-15-6-7-17(21)18(22)12-15/h2,4-7,12,23-25H,3,8-11,13-14H2,1H3. The van der Waals surface area contributed by atoms with E-state index < -0.39 is 0 Å². The van der Waals surface area contributed by atoms with Gasteiger partial charge in [-0.2, -0.15) is 0 Å². The number of aliphatic hydroxyl groups is 1. The van der Waals surface area contributed by atoms with Crippen molar-refractivity contribution < 1.29 is 14.6 Å². The van der Waals surface area contributed by atoms with E-state index >= 15 is 0 Å². The van der Waals surface area contributed by atoms with Crippen LogP contribution in [0.4, 0.5) is 0 Å². The molecule has 0 saturated heterocycles. The largest absolute Gasteiger partial charge is 0.493 e. The van der Waals surface area contributed by atoms with Crippen LogP contribution in [0.1, 0.15) is 17.5 Å². The summed E-state index contributed by atoms with van der Waals surface area (Å²) >= 11 is 12.0. The van der Waals surface area contributed by atoms with Crippen molar-refractivity contribution in [1.29, 1.82) is 0 Å². The molecule has 0 heterocycles. The van der Waals surface area contributed by atoms with Gasteiger partial charge in [0, 0.05) is 18.7 Å². The van der Waals surface area contributed by atoms with E-state index in [4.69, 9.17) is 37.8 Å². The molecule has 2 aromatic rings. The minimum Gasteiger partial charge on any atom is -0.493 e. The van der Waals surface area contributed by atoms with Gasteiger partial charge < -0.3 is 25.2 Å². The van der Waals surface area contributed by atoms with Gasteiger partial charge in [0.05, 0.1) is 23.8 Å². The van der Waals surface area contributed by atoms with Crippen molar-refractivity contribution in [2.45, 2.75) is 19.6 Å². The first-order chi connectivity index (χ1) is 13.2. The Morgan fingerprint density at radius 3 is 2.56 bits per heavy atom. The molecule has 5 nitrogen and oxygen atoms in total. The number of nitrogens with one attached hydrogen (secondary N) is 2. The lowest BCUT2D eigenvalue weighted by Gasteiger charge is -2.16. The van der Waals surface area contributed by atoms with Crippen molar-refractivity contribution in [3.63, 3.8) is 0 Å². The van der Waals surface area contributed by atoms with Gasteiger partial charge in [0.2, 0.25) is 0 Å². The van der Waals surface area contributed by atoms with Crippen molar-refractivity contribution in [3.05, 3.63) is 57.6 Å². The maximum Gasteiger partial charge on any atom is 0.166 e. The van der Waals surface area contributed by atoms with Crippen molar-refractivity contribution >= 4 is 23.2 Å². The Balaban J connectivity index is 1.94. The summed E-state index contributed by atoms with van der Waals surface area (Å²) in [7, 11) is 1.63. The maximum atomic E-state index is 8.74. The highest BCUT2D eigenvalue weighted by atomic mass is 35.5. The van der Waals surface area contributed by atoms with E-state index in [1.165, 1.54) is 0 Å². The molecule has 3 N–H and O–H groups in total. The first kappa shape index (κ1) is 21.8. The predicted octanol–water partition coefficient (Wildman–Crippen LogP) is 3.64. The molecule has 0 aromatic heterocycles. The topological polar surface area (TPSA) is 62.8 Å². The lowest BCUT2D eigenvalue weighted by Crippen LogP contribution is -2.24. The van der Waals surface area contributed by atoms with Crippen LogP contribution in [0, 0.1) is 0 Å². The molecule has 27 heavy (non-hydrogen) atoms. The molecule has 0 unspecified atom stereocenters. The van der Waals surface area contributed by atoms with Crippen molar-refractivity contribution in [2.75, 3.05) is 33.4 Å². The zero-order valence-electron chi connectivity index (χ0n) is 15.4. The molecule has 0 bridgehead atoms. The second kappa shape index (κ2) is 12.1. The third-order valence-corrected chi connectivity index (χ3v) is 4.70. The van der Waals surface area contributed by atoms with Gasteiger partial charge in [0.1, 0.15) is 6.61 Å². The van der Waals surface area contributed by atoms with Crippen LogP contribution in [0.15, 0.2) is 36.4 Å². The highest BCUT2D eigenvalue weighted by Crippen LogP contribution is 2.32. The summed E-state index contributed by atoms with van der Waals surface area (Å²) in [6.07, 6.45) is 0.976. The molecule has 0 spiro atoms. The number of benzene rings is 2. The molecule has 2 aromatic carbocycles. The second-order valence-electron chi connectivity index (χ2n) is 5.99. The summed E-state index contributed by atoms with van der Waals surface area (Å²) in [6.45, 7) is 3.57. The van der Waals surface area contributed by atoms with Crippen molar-refractivity contribution in [2.24, 2.45) is 0 Å². The average Bonchev–Trinajstić information content (AvgIpc) is 2.68. The normalized spacial score (nSPS) is 10.8. The molecule has 0 saturated carbocycles. The molecule has 0 aliphatic carbocycles. The van der Waals surface area contributed by atoms with Gasteiger partial charge in [0.25, 0.3) is 0 Å². The van der Waals surface area contributed by atoms with Crippen LogP contribution in [-0.2, 0) is 13.2 Å². The Hall–Kier alpha value is -1.50. The van der Waals surface area contributed by atoms with Gasteiger partial charge in [-0.05, 0) is 43.3 Å². The maximum absolute atomic E-state index is 8.74.